The van der Waals surface area contributed by atoms with Crippen LogP contribution in [0.3, 0.4) is 0 Å². The standard InChI is InChI=1S/C30H22N4O2/c35-30(36)24-7-4-8-25(17-24)34-29(22-11-9-21(10-12-22)20-5-2-1-3-6-20)19-27(33-34)23-13-14-26-28(18-23)32-16-15-31-26/h1-18,29H,19H2,(H,35,36). The van der Waals surface area contributed by atoms with Crippen molar-refractivity contribution in [2.75, 3.05) is 5.01 Å². The molecule has 6 heteroatoms. The number of carboxylic acids is 1. The predicted molar refractivity (Wildman–Crippen MR) is 141 cm³/mol. The molecule has 0 bridgehead atoms. The van der Waals surface area contributed by atoms with Crippen molar-refractivity contribution in [3.63, 3.8) is 0 Å². The zero-order chi connectivity index (χ0) is 24.5. The van der Waals surface area contributed by atoms with Crippen LogP contribution >= 0.6 is 0 Å². The normalized spacial score (nSPS) is 15.2. The molecule has 0 aliphatic carbocycles. The van der Waals surface area contributed by atoms with Crippen molar-refractivity contribution >= 4 is 28.4 Å². The molecule has 0 saturated carbocycles. The summed E-state index contributed by atoms with van der Waals surface area (Å²) in [4.78, 5) is 20.4. The fourth-order valence-electron chi connectivity index (χ4n) is 4.64. The quantitative estimate of drug-likeness (QED) is 0.324. The van der Waals surface area contributed by atoms with Gasteiger partial charge in [-0.15, -0.1) is 0 Å². The van der Waals surface area contributed by atoms with Gasteiger partial charge >= 0.3 is 5.97 Å². The Bertz CT molecular complexity index is 1600. The predicted octanol–water partition coefficient (Wildman–Crippen LogP) is 6.35. The Labute approximate surface area is 208 Å². The first-order valence-electron chi connectivity index (χ1n) is 11.7. The van der Waals surface area contributed by atoms with Crippen LogP contribution in [0.15, 0.2) is 115 Å². The Hall–Kier alpha value is -4.84. The molecule has 2 heterocycles. The lowest BCUT2D eigenvalue weighted by Crippen LogP contribution is -2.19. The summed E-state index contributed by atoms with van der Waals surface area (Å²) < 4.78 is 0. The number of fused-ring (bicyclic) bond motifs is 1. The van der Waals surface area contributed by atoms with Crippen molar-refractivity contribution in [3.05, 3.63) is 126 Å². The van der Waals surface area contributed by atoms with Crippen LogP contribution in [0.4, 0.5) is 5.69 Å². The highest BCUT2D eigenvalue weighted by Crippen LogP contribution is 2.38. The zero-order valence-electron chi connectivity index (χ0n) is 19.3. The van der Waals surface area contributed by atoms with Crippen molar-refractivity contribution in [2.45, 2.75) is 12.5 Å². The van der Waals surface area contributed by atoms with E-state index in [1.54, 1.807) is 30.6 Å². The number of aromatic nitrogens is 2. The van der Waals surface area contributed by atoms with E-state index in [0.717, 1.165) is 44.7 Å². The van der Waals surface area contributed by atoms with Crippen molar-refractivity contribution in [1.82, 2.24) is 9.97 Å². The van der Waals surface area contributed by atoms with E-state index in [1.807, 2.05) is 47.5 Å². The van der Waals surface area contributed by atoms with E-state index in [0.29, 0.717) is 6.42 Å². The molecule has 1 aromatic heterocycles. The van der Waals surface area contributed by atoms with Crippen LogP contribution in [0.1, 0.15) is 33.9 Å². The summed E-state index contributed by atoms with van der Waals surface area (Å²) in [7, 11) is 0. The first-order chi connectivity index (χ1) is 17.7. The Kier molecular flexibility index (Phi) is 5.46. The van der Waals surface area contributed by atoms with Gasteiger partial charge < -0.3 is 5.11 Å². The average Bonchev–Trinajstić information content (AvgIpc) is 3.39. The molecule has 0 saturated heterocycles. The smallest absolute Gasteiger partial charge is 0.335 e. The maximum Gasteiger partial charge on any atom is 0.335 e. The number of hydrogen-bond acceptors (Lipinski definition) is 5. The molecule has 1 N–H and O–H groups in total. The number of carboxylic acid groups (broad SMARTS) is 1. The lowest BCUT2D eigenvalue weighted by Gasteiger charge is -2.24. The molecule has 0 fully saturated rings. The van der Waals surface area contributed by atoms with E-state index in [9.17, 15) is 9.90 Å². The van der Waals surface area contributed by atoms with Gasteiger partial charge in [0.1, 0.15) is 0 Å². The molecular weight excluding hydrogens is 448 g/mol. The second-order valence-electron chi connectivity index (χ2n) is 8.71. The van der Waals surface area contributed by atoms with Crippen LogP contribution in [0, 0.1) is 0 Å². The Morgan fingerprint density at radius 3 is 2.25 bits per heavy atom. The van der Waals surface area contributed by atoms with Crippen molar-refractivity contribution < 1.29 is 9.90 Å². The van der Waals surface area contributed by atoms with Crippen LogP contribution in [0.5, 0.6) is 0 Å². The fraction of sp³-hybridized carbons (Fsp3) is 0.0667. The van der Waals surface area contributed by atoms with Gasteiger partial charge in [-0.2, -0.15) is 5.10 Å². The highest BCUT2D eigenvalue weighted by Gasteiger charge is 2.30. The van der Waals surface area contributed by atoms with E-state index in [4.69, 9.17) is 5.10 Å². The monoisotopic (exact) mass is 470 g/mol. The Morgan fingerprint density at radius 1 is 0.750 bits per heavy atom. The molecular formula is C30H22N4O2. The first-order valence-corrected chi connectivity index (χ1v) is 11.7. The van der Waals surface area contributed by atoms with Gasteiger partial charge in [-0.3, -0.25) is 15.0 Å². The minimum Gasteiger partial charge on any atom is -0.478 e. The van der Waals surface area contributed by atoms with Crippen LogP contribution in [-0.4, -0.2) is 26.8 Å². The molecule has 0 spiro atoms. The zero-order valence-corrected chi connectivity index (χ0v) is 19.3. The van der Waals surface area contributed by atoms with Crippen LogP contribution < -0.4 is 5.01 Å². The van der Waals surface area contributed by atoms with Gasteiger partial charge in [0, 0.05) is 24.4 Å². The number of carbonyl (C=O) groups is 1. The number of aromatic carboxylic acids is 1. The van der Waals surface area contributed by atoms with E-state index in [1.165, 1.54) is 0 Å². The van der Waals surface area contributed by atoms with Gasteiger partial charge in [0.05, 0.1) is 34.0 Å². The van der Waals surface area contributed by atoms with E-state index in [-0.39, 0.29) is 11.6 Å². The maximum absolute atomic E-state index is 11.6. The third kappa shape index (κ3) is 4.09. The summed E-state index contributed by atoms with van der Waals surface area (Å²) in [6, 6.07) is 31.6. The van der Waals surface area contributed by atoms with Crippen LogP contribution in [-0.2, 0) is 0 Å². The summed E-state index contributed by atoms with van der Waals surface area (Å²) in [6.07, 6.45) is 4.04. The summed E-state index contributed by atoms with van der Waals surface area (Å²) >= 11 is 0. The summed E-state index contributed by atoms with van der Waals surface area (Å²) in [5.74, 6) is -0.961. The molecule has 1 aliphatic rings. The SMILES string of the molecule is O=C(O)c1cccc(N2N=C(c3ccc4nccnc4c3)CC2c2ccc(-c3ccccc3)cc2)c1. The molecule has 1 aliphatic heterocycles. The number of benzene rings is 4. The summed E-state index contributed by atoms with van der Waals surface area (Å²) in [6.45, 7) is 0. The minimum atomic E-state index is -0.961. The average molecular weight is 471 g/mol. The number of hydrogen-bond donors (Lipinski definition) is 1. The molecule has 5 aromatic rings. The lowest BCUT2D eigenvalue weighted by molar-refractivity contribution is 0.0697. The van der Waals surface area contributed by atoms with Crippen molar-refractivity contribution in [3.8, 4) is 11.1 Å². The molecule has 6 nitrogen and oxygen atoms in total. The highest BCUT2D eigenvalue weighted by atomic mass is 16.4. The number of nitrogens with zero attached hydrogens (tertiary/aromatic N) is 4. The van der Waals surface area contributed by atoms with E-state index < -0.39 is 5.97 Å². The number of hydrazone groups is 1. The van der Waals surface area contributed by atoms with Gasteiger partial charge in [0.15, 0.2) is 0 Å². The van der Waals surface area contributed by atoms with E-state index >= 15 is 0 Å². The van der Waals surface area contributed by atoms with Gasteiger partial charge in [-0.1, -0.05) is 66.7 Å². The third-order valence-electron chi connectivity index (χ3n) is 6.47. The highest BCUT2D eigenvalue weighted by molar-refractivity contribution is 6.05. The fourth-order valence-corrected chi connectivity index (χ4v) is 4.64. The molecule has 4 aromatic carbocycles. The largest absolute Gasteiger partial charge is 0.478 e. The van der Waals surface area contributed by atoms with Crippen LogP contribution in [0.25, 0.3) is 22.2 Å². The van der Waals surface area contributed by atoms with Gasteiger partial charge in [-0.05, 0) is 47.0 Å². The lowest BCUT2D eigenvalue weighted by atomic mass is 9.96. The molecule has 1 atom stereocenters. The Balaban J connectivity index is 1.40. The summed E-state index contributed by atoms with van der Waals surface area (Å²) in [5, 5.41) is 16.5. The maximum atomic E-state index is 11.6. The number of rotatable bonds is 5. The second-order valence-corrected chi connectivity index (χ2v) is 8.71. The summed E-state index contributed by atoms with van der Waals surface area (Å²) in [5.41, 5.74) is 7.92. The molecule has 174 valence electrons. The molecule has 36 heavy (non-hydrogen) atoms. The topological polar surface area (TPSA) is 78.7 Å². The molecule has 6 rings (SSSR count). The first kappa shape index (κ1) is 21.7. The van der Waals surface area contributed by atoms with Gasteiger partial charge in [0.25, 0.3) is 0 Å². The minimum absolute atomic E-state index is 0.0774. The molecule has 1 unspecified atom stereocenters. The van der Waals surface area contributed by atoms with Gasteiger partial charge in [0.2, 0.25) is 0 Å². The third-order valence-corrected chi connectivity index (χ3v) is 6.47. The van der Waals surface area contributed by atoms with Crippen molar-refractivity contribution in [1.29, 1.82) is 0 Å². The molecule has 0 amide bonds. The van der Waals surface area contributed by atoms with Crippen molar-refractivity contribution in [2.24, 2.45) is 5.10 Å². The van der Waals surface area contributed by atoms with Crippen LogP contribution in [0.2, 0.25) is 0 Å². The second kappa shape index (κ2) is 9.07. The molecule has 0 radical (unpaired) electrons. The number of anilines is 1. The van der Waals surface area contributed by atoms with Gasteiger partial charge in [-0.25, -0.2) is 4.79 Å². The van der Waals surface area contributed by atoms with E-state index in [2.05, 4.69) is 46.4 Å². The Morgan fingerprint density at radius 2 is 1.47 bits per heavy atom.